The van der Waals surface area contributed by atoms with Gasteiger partial charge in [0.2, 0.25) is 10.0 Å². The van der Waals surface area contributed by atoms with E-state index in [1.165, 1.54) is 5.56 Å². The fraction of sp³-hybridized carbons (Fsp3) is 0.435. The molecule has 0 bridgehead atoms. The number of rotatable bonds is 10. The number of guanidine groups is 1. The molecule has 1 atom stereocenters. The van der Waals surface area contributed by atoms with E-state index in [9.17, 15) is 8.42 Å². The van der Waals surface area contributed by atoms with E-state index < -0.39 is 10.0 Å². The van der Waals surface area contributed by atoms with E-state index in [4.69, 9.17) is 0 Å². The molecule has 2 aromatic rings. The fourth-order valence-electron chi connectivity index (χ4n) is 3.11. The molecule has 0 radical (unpaired) electrons. The topological polar surface area (TPSA) is 82.6 Å². The van der Waals surface area contributed by atoms with Gasteiger partial charge in [-0.25, -0.2) is 18.1 Å². The minimum atomic E-state index is -3.39. The van der Waals surface area contributed by atoms with Crippen molar-refractivity contribution >= 4 is 16.0 Å². The van der Waals surface area contributed by atoms with Gasteiger partial charge >= 0.3 is 0 Å². The van der Waals surface area contributed by atoms with Gasteiger partial charge in [0.05, 0.1) is 12.3 Å². The van der Waals surface area contributed by atoms with Crippen molar-refractivity contribution in [1.82, 2.24) is 15.4 Å². The lowest BCUT2D eigenvalue weighted by Gasteiger charge is -2.17. The van der Waals surface area contributed by atoms with Crippen LogP contribution in [0.2, 0.25) is 0 Å². The Balaban J connectivity index is 2.07. The molecule has 0 saturated carbocycles. The second-order valence-corrected chi connectivity index (χ2v) is 9.44. The van der Waals surface area contributed by atoms with E-state index in [2.05, 4.69) is 39.4 Å². The molecule has 164 valence electrons. The van der Waals surface area contributed by atoms with Gasteiger partial charge in [0.1, 0.15) is 0 Å². The van der Waals surface area contributed by atoms with Gasteiger partial charge in [-0.15, -0.1) is 0 Å². The summed E-state index contributed by atoms with van der Waals surface area (Å²) in [6.45, 7) is 9.74. The van der Waals surface area contributed by atoms with Gasteiger partial charge in [0, 0.05) is 19.1 Å². The first-order valence-electron chi connectivity index (χ1n) is 10.4. The van der Waals surface area contributed by atoms with E-state index in [1.54, 1.807) is 0 Å². The van der Waals surface area contributed by atoms with Crippen LogP contribution in [0.15, 0.2) is 59.6 Å². The lowest BCUT2D eigenvalue weighted by atomic mass is 10.0. The number of hydrogen-bond acceptors (Lipinski definition) is 3. The minimum Gasteiger partial charge on any atom is -0.357 e. The van der Waals surface area contributed by atoms with Crippen molar-refractivity contribution in [3.8, 4) is 0 Å². The third-order valence-corrected chi connectivity index (χ3v) is 6.10. The van der Waals surface area contributed by atoms with Crippen molar-refractivity contribution in [2.45, 2.75) is 52.0 Å². The van der Waals surface area contributed by atoms with Gasteiger partial charge in [-0.1, -0.05) is 61.5 Å². The Morgan fingerprint density at radius 3 is 2.20 bits per heavy atom. The molecule has 1 unspecified atom stereocenters. The Kier molecular flexibility index (Phi) is 9.33. The molecule has 0 aliphatic carbocycles. The molecule has 30 heavy (non-hydrogen) atoms. The third kappa shape index (κ3) is 8.16. The van der Waals surface area contributed by atoms with Crippen LogP contribution in [-0.4, -0.2) is 33.5 Å². The van der Waals surface area contributed by atoms with Crippen molar-refractivity contribution in [3.63, 3.8) is 0 Å². The summed E-state index contributed by atoms with van der Waals surface area (Å²) in [5.74, 6) is 1.01. The Hall–Kier alpha value is -2.38. The maximum absolute atomic E-state index is 12.3. The summed E-state index contributed by atoms with van der Waals surface area (Å²) >= 11 is 0. The molecule has 0 spiro atoms. The molecule has 0 heterocycles. The zero-order valence-electron chi connectivity index (χ0n) is 18.4. The summed E-state index contributed by atoms with van der Waals surface area (Å²) in [6, 6.07) is 17.8. The van der Waals surface area contributed by atoms with E-state index in [0.717, 1.165) is 30.2 Å². The molecule has 0 aliphatic rings. The molecule has 0 aliphatic heterocycles. The second kappa shape index (κ2) is 11.7. The number of nitrogens with zero attached hydrogens (tertiary/aromatic N) is 1. The van der Waals surface area contributed by atoms with Crippen LogP contribution in [0.1, 0.15) is 50.3 Å². The number of benzene rings is 2. The summed E-state index contributed by atoms with van der Waals surface area (Å²) in [6.07, 6.45) is 0. The lowest BCUT2D eigenvalue weighted by Crippen LogP contribution is -2.39. The highest BCUT2D eigenvalue weighted by Gasteiger charge is 2.15. The summed E-state index contributed by atoms with van der Waals surface area (Å²) < 4.78 is 27.3. The lowest BCUT2D eigenvalue weighted by molar-refractivity contribution is 0.569. The molecular formula is C23H34N4O2S. The highest BCUT2D eigenvalue weighted by molar-refractivity contribution is 7.88. The molecule has 2 aromatic carbocycles. The van der Waals surface area contributed by atoms with Crippen molar-refractivity contribution in [2.24, 2.45) is 4.99 Å². The van der Waals surface area contributed by atoms with Crippen LogP contribution in [0, 0.1) is 0 Å². The fourth-order valence-corrected chi connectivity index (χ4v) is 4.61. The van der Waals surface area contributed by atoms with Gasteiger partial charge in [-0.3, -0.25) is 0 Å². The molecule has 0 aromatic heterocycles. The number of aliphatic imine (C=N–C) groups is 1. The maximum atomic E-state index is 12.3. The second-order valence-electron chi connectivity index (χ2n) is 7.69. The van der Waals surface area contributed by atoms with Crippen LogP contribution < -0.4 is 15.4 Å². The summed E-state index contributed by atoms with van der Waals surface area (Å²) in [7, 11) is -3.39. The molecule has 6 nitrogen and oxygen atoms in total. The Morgan fingerprint density at radius 2 is 1.57 bits per heavy atom. The van der Waals surface area contributed by atoms with Crippen molar-refractivity contribution in [3.05, 3.63) is 71.3 Å². The standard InChI is InChI=1S/C23H34N4O2S/c1-5-24-23(25-15-19(4)20-11-7-6-8-12-20)26-16-21-13-9-10-14-22(21)17-30(28,29)27-18(2)3/h6-14,18-19,27H,5,15-17H2,1-4H3,(H2,24,25,26). The normalized spacial score (nSPS) is 13.3. The highest BCUT2D eigenvalue weighted by atomic mass is 32.2. The summed E-state index contributed by atoms with van der Waals surface area (Å²) in [4.78, 5) is 4.68. The van der Waals surface area contributed by atoms with Crippen LogP contribution in [0.3, 0.4) is 0 Å². The SMILES string of the molecule is CCNC(=NCc1ccccc1CS(=O)(=O)NC(C)C)NCC(C)c1ccccc1. The summed E-state index contributed by atoms with van der Waals surface area (Å²) in [5.41, 5.74) is 2.94. The van der Waals surface area contributed by atoms with Crippen molar-refractivity contribution < 1.29 is 8.42 Å². The van der Waals surface area contributed by atoms with Crippen LogP contribution in [0.5, 0.6) is 0 Å². The van der Waals surface area contributed by atoms with E-state index in [-0.39, 0.29) is 11.8 Å². The molecular weight excluding hydrogens is 396 g/mol. The van der Waals surface area contributed by atoms with Crippen LogP contribution in [-0.2, 0) is 22.3 Å². The number of hydrogen-bond donors (Lipinski definition) is 3. The highest BCUT2D eigenvalue weighted by Crippen LogP contribution is 2.15. The minimum absolute atomic E-state index is 0.0497. The van der Waals surface area contributed by atoms with Crippen LogP contribution >= 0.6 is 0 Å². The molecule has 7 heteroatoms. The van der Waals surface area contributed by atoms with E-state index in [0.29, 0.717) is 12.5 Å². The molecule has 3 N–H and O–H groups in total. The monoisotopic (exact) mass is 430 g/mol. The third-order valence-electron chi connectivity index (χ3n) is 4.58. The van der Waals surface area contributed by atoms with Gasteiger partial charge in [-0.2, -0.15) is 0 Å². The quantitative estimate of drug-likeness (QED) is 0.399. The first-order valence-corrected chi connectivity index (χ1v) is 12.1. The van der Waals surface area contributed by atoms with Crippen molar-refractivity contribution in [2.75, 3.05) is 13.1 Å². The zero-order valence-corrected chi connectivity index (χ0v) is 19.2. The maximum Gasteiger partial charge on any atom is 0.216 e. The van der Waals surface area contributed by atoms with Crippen LogP contribution in [0.25, 0.3) is 0 Å². The van der Waals surface area contributed by atoms with E-state index >= 15 is 0 Å². The first-order chi connectivity index (χ1) is 14.3. The van der Waals surface area contributed by atoms with E-state index in [1.807, 2.05) is 63.2 Å². The first kappa shape index (κ1) is 23.9. The largest absolute Gasteiger partial charge is 0.357 e. The van der Waals surface area contributed by atoms with Crippen LogP contribution in [0.4, 0.5) is 0 Å². The molecule has 0 fully saturated rings. The van der Waals surface area contributed by atoms with Gasteiger partial charge in [-0.05, 0) is 43.4 Å². The van der Waals surface area contributed by atoms with Gasteiger partial charge in [0.25, 0.3) is 0 Å². The number of sulfonamides is 1. The Bertz CT molecular complexity index is 912. The molecule has 0 amide bonds. The predicted molar refractivity (Wildman–Crippen MR) is 125 cm³/mol. The summed E-state index contributed by atoms with van der Waals surface area (Å²) in [5, 5.41) is 6.65. The average Bonchev–Trinajstić information content (AvgIpc) is 2.70. The molecule has 0 saturated heterocycles. The average molecular weight is 431 g/mol. The Morgan fingerprint density at radius 1 is 0.933 bits per heavy atom. The predicted octanol–water partition coefficient (Wildman–Crippen LogP) is 3.37. The van der Waals surface area contributed by atoms with Gasteiger partial charge < -0.3 is 10.6 Å². The number of nitrogens with one attached hydrogen (secondary N) is 3. The van der Waals surface area contributed by atoms with Crippen molar-refractivity contribution in [1.29, 1.82) is 0 Å². The smallest absolute Gasteiger partial charge is 0.216 e. The molecule has 2 rings (SSSR count). The zero-order chi connectivity index (χ0) is 22.0. The Labute approximate surface area is 181 Å². The van der Waals surface area contributed by atoms with Gasteiger partial charge in [0.15, 0.2) is 5.96 Å².